The monoisotopic (exact) mass is 443 g/mol. The summed E-state index contributed by atoms with van der Waals surface area (Å²) in [6, 6.07) is 9.05. The molecule has 0 saturated carbocycles. The highest BCUT2D eigenvalue weighted by Crippen LogP contribution is 2.33. The lowest BCUT2D eigenvalue weighted by atomic mass is 10.1. The number of benzene rings is 1. The number of carbonyl (C=O) groups excluding carboxylic acids is 1. The predicted molar refractivity (Wildman–Crippen MR) is 119 cm³/mol. The summed E-state index contributed by atoms with van der Waals surface area (Å²) in [4.78, 5) is 16.1. The second kappa shape index (κ2) is 12.0. The third-order valence-corrected chi connectivity index (χ3v) is 4.66. The zero-order valence-corrected chi connectivity index (χ0v) is 18.6. The van der Waals surface area contributed by atoms with E-state index < -0.39 is 5.97 Å². The molecular weight excluding hydrogens is 414 g/mol. The van der Waals surface area contributed by atoms with Crippen LogP contribution < -0.4 is 14.9 Å². The van der Waals surface area contributed by atoms with Crippen molar-refractivity contribution in [3.8, 4) is 17.2 Å². The van der Waals surface area contributed by atoms with Crippen LogP contribution in [0.1, 0.15) is 32.4 Å². The normalized spacial score (nSPS) is 14.7. The van der Waals surface area contributed by atoms with Crippen LogP contribution in [-0.4, -0.2) is 49.7 Å². The van der Waals surface area contributed by atoms with E-state index in [0.29, 0.717) is 42.8 Å². The molecule has 0 amide bonds. The number of anilines is 1. The molecule has 1 aliphatic heterocycles. The summed E-state index contributed by atoms with van der Waals surface area (Å²) >= 11 is 0. The fraction of sp³-hybridized carbons (Fsp3) is 0.435. The number of ether oxygens (including phenoxy) is 5. The fourth-order valence-corrected chi connectivity index (χ4v) is 3.00. The third-order valence-electron chi connectivity index (χ3n) is 4.66. The highest BCUT2D eigenvalue weighted by molar-refractivity contribution is 6.35. The number of hydrogen-bond donors (Lipinski definition) is 1. The average molecular weight is 444 g/mol. The van der Waals surface area contributed by atoms with E-state index in [0.717, 1.165) is 18.5 Å². The van der Waals surface area contributed by atoms with Crippen molar-refractivity contribution in [2.45, 2.75) is 39.4 Å². The maximum Gasteiger partial charge on any atom is 0.354 e. The molecule has 1 saturated heterocycles. The van der Waals surface area contributed by atoms with E-state index in [4.69, 9.17) is 23.7 Å². The van der Waals surface area contributed by atoms with Gasteiger partial charge in [-0.3, -0.25) is 10.4 Å². The summed E-state index contributed by atoms with van der Waals surface area (Å²) in [6.07, 6.45) is 3.25. The van der Waals surface area contributed by atoms with Crippen LogP contribution in [0.2, 0.25) is 0 Å². The van der Waals surface area contributed by atoms with Gasteiger partial charge in [0.1, 0.15) is 29.1 Å². The highest BCUT2D eigenvalue weighted by atomic mass is 16.5. The fourth-order valence-electron chi connectivity index (χ4n) is 3.00. The van der Waals surface area contributed by atoms with E-state index in [9.17, 15) is 4.79 Å². The Morgan fingerprint density at radius 1 is 1.22 bits per heavy atom. The molecular formula is C23H29N3O6. The molecule has 172 valence electrons. The van der Waals surface area contributed by atoms with Gasteiger partial charge in [-0.15, -0.1) is 0 Å². The van der Waals surface area contributed by atoms with Gasteiger partial charge >= 0.3 is 5.97 Å². The Labute approximate surface area is 187 Å². The molecule has 9 nitrogen and oxygen atoms in total. The Bertz CT molecular complexity index is 910. The van der Waals surface area contributed by atoms with Crippen LogP contribution in [0.3, 0.4) is 0 Å². The van der Waals surface area contributed by atoms with E-state index in [1.54, 1.807) is 45.4 Å². The summed E-state index contributed by atoms with van der Waals surface area (Å²) in [6.45, 7) is 5.37. The Kier molecular flexibility index (Phi) is 8.82. The van der Waals surface area contributed by atoms with Crippen LogP contribution >= 0.6 is 0 Å². The molecule has 2 heterocycles. The molecule has 1 N–H and O–H groups in total. The minimum atomic E-state index is -0.476. The van der Waals surface area contributed by atoms with Gasteiger partial charge in [-0.25, -0.2) is 4.79 Å². The summed E-state index contributed by atoms with van der Waals surface area (Å²) in [7, 11) is 1.62. The van der Waals surface area contributed by atoms with Crippen molar-refractivity contribution in [2.24, 2.45) is 5.10 Å². The zero-order chi connectivity index (χ0) is 22.8. The number of nitrogens with one attached hydrogen (secondary N) is 1. The van der Waals surface area contributed by atoms with Gasteiger partial charge < -0.3 is 23.7 Å². The average Bonchev–Trinajstić information content (AvgIpc) is 2.80. The number of hydrazone groups is 1. The van der Waals surface area contributed by atoms with Gasteiger partial charge in [0.25, 0.3) is 0 Å². The Hall–Kier alpha value is -3.17. The molecule has 3 rings (SSSR count). The first-order valence-corrected chi connectivity index (χ1v) is 10.6. The largest absolute Gasteiger partial charge is 0.488 e. The van der Waals surface area contributed by atoms with Crippen LogP contribution in [0, 0.1) is 0 Å². The summed E-state index contributed by atoms with van der Waals surface area (Å²) < 4.78 is 27.6. The second-order valence-corrected chi connectivity index (χ2v) is 7.14. The van der Waals surface area contributed by atoms with E-state index in [1.165, 1.54) is 0 Å². The van der Waals surface area contributed by atoms with Gasteiger partial charge in [-0.2, -0.15) is 5.10 Å². The van der Waals surface area contributed by atoms with Crippen molar-refractivity contribution in [1.29, 1.82) is 0 Å². The number of carbonyl (C=O) groups is 1. The van der Waals surface area contributed by atoms with Gasteiger partial charge in [0.15, 0.2) is 0 Å². The topological polar surface area (TPSA) is 101 Å². The number of hydrogen-bond acceptors (Lipinski definition) is 9. The highest BCUT2D eigenvalue weighted by Gasteiger charge is 2.18. The molecule has 2 aromatic rings. The molecule has 1 aliphatic rings. The number of pyridine rings is 1. The molecule has 1 fully saturated rings. The molecule has 1 aromatic heterocycles. The molecule has 9 heteroatoms. The summed E-state index contributed by atoms with van der Waals surface area (Å²) in [5, 5.41) is 4.13. The van der Waals surface area contributed by atoms with Gasteiger partial charge in [0.05, 0.1) is 44.0 Å². The first-order chi connectivity index (χ1) is 15.6. The van der Waals surface area contributed by atoms with E-state index in [2.05, 4.69) is 15.5 Å². The van der Waals surface area contributed by atoms with Crippen LogP contribution in [0.25, 0.3) is 0 Å². The molecule has 0 spiro atoms. The van der Waals surface area contributed by atoms with Gasteiger partial charge in [-0.1, -0.05) is 0 Å². The van der Waals surface area contributed by atoms with Crippen LogP contribution in [0.5, 0.6) is 17.2 Å². The number of nitrogens with zero attached hydrogens (tertiary/aromatic N) is 2. The van der Waals surface area contributed by atoms with Crippen LogP contribution in [0.15, 0.2) is 41.6 Å². The minimum Gasteiger partial charge on any atom is -0.488 e. The smallest absolute Gasteiger partial charge is 0.354 e. The SMILES string of the molecule is CCOC(=O)/C(C)=N/Nc1ccc(Oc2ccc(COC)nc2)cc1OC1CCOCC1. The molecule has 0 unspecified atom stereocenters. The summed E-state index contributed by atoms with van der Waals surface area (Å²) in [5.74, 6) is 1.28. The number of rotatable bonds is 10. The van der Waals surface area contributed by atoms with Crippen molar-refractivity contribution in [2.75, 3.05) is 32.4 Å². The lowest BCUT2D eigenvalue weighted by Crippen LogP contribution is -2.26. The maximum absolute atomic E-state index is 11.8. The Morgan fingerprint density at radius 3 is 2.69 bits per heavy atom. The standard InChI is InChI=1S/C23H29N3O6/c1-4-30-23(27)16(2)25-26-21-8-7-19(13-22(21)32-18-9-11-29-12-10-18)31-20-6-5-17(15-28-3)24-14-20/h5-8,13-14,18,26H,4,9-12,15H2,1-3H3/b25-16+. The van der Waals surface area contributed by atoms with Crippen LogP contribution in [-0.2, 0) is 25.6 Å². The minimum absolute atomic E-state index is 0.0182. The van der Waals surface area contributed by atoms with Gasteiger partial charge in [0, 0.05) is 26.0 Å². The molecule has 0 bridgehead atoms. The quantitative estimate of drug-likeness (QED) is 0.335. The number of methoxy groups -OCH3 is 1. The van der Waals surface area contributed by atoms with E-state index in [1.807, 2.05) is 12.1 Å². The van der Waals surface area contributed by atoms with Crippen molar-refractivity contribution >= 4 is 17.4 Å². The summed E-state index contributed by atoms with van der Waals surface area (Å²) in [5.41, 5.74) is 4.55. The van der Waals surface area contributed by atoms with Gasteiger partial charge in [-0.05, 0) is 38.1 Å². The van der Waals surface area contributed by atoms with Crippen molar-refractivity contribution < 1.29 is 28.5 Å². The first-order valence-electron chi connectivity index (χ1n) is 10.6. The Morgan fingerprint density at radius 2 is 2.00 bits per heavy atom. The first kappa shape index (κ1) is 23.5. The molecule has 0 radical (unpaired) electrons. The van der Waals surface area contributed by atoms with Crippen molar-refractivity contribution in [1.82, 2.24) is 4.98 Å². The predicted octanol–water partition coefficient (Wildman–Crippen LogP) is 3.93. The van der Waals surface area contributed by atoms with Gasteiger partial charge in [0.2, 0.25) is 0 Å². The lowest BCUT2D eigenvalue weighted by Gasteiger charge is -2.24. The van der Waals surface area contributed by atoms with E-state index >= 15 is 0 Å². The number of aromatic nitrogens is 1. The van der Waals surface area contributed by atoms with Crippen molar-refractivity contribution in [3.63, 3.8) is 0 Å². The third kappa shape index (κ3) is 6.93. The second-order valence-electron chi connectivity index (χ2n) is 7.14. The lowest BCUT2D eigenvalue weighted by molar-refractivity contribution is -0.135. The zero-order valence-electron chi connectivity index (χ0n) is 18.6. The molecule has 0 aliphatic carbocycles. The number of esters is 1. The Balaban J connectivity index is 1.77. The molecule has 32 heavy (non-hydrogen) atoms. The van der Waals surface area contributed by atoms with Crippen molar-refractivity contribution in [3.05, 3.63) is 42.2 Å². The maximum atomic E-state index is 11.8. The van der Waals surface area contributed by atoms with E-state index in [-0.39, 0.29) is 18.4 Å². The molecule has 0 atom stereocenters. The molecule has 1 aromatic carbocycles. The van der Waals surface area contributed by atoms with Crippen LogP contribution in [0.4, 0.5) is 5.69 Å².